The lowest BCUT2D eigenvalue weighted by Crippen LogP contribution is -2.22. The lowest BCUT2D eigenvalue weighted by molar-refractivity contribution is 0.303. The molecule has 0 spiro atoms. The van der Waals surface area contributed by atoms with E-state index in [0.717, 1.165) is 28.3 Å². The zero-order valence-electron chi connectivity index (χ0n) is 13.2. The summed E-state index contributed by atoms with van der Waals surface area (Å²) in [6, 6.07) is 11.9. The van der Waals surface area contributed by atoms with Crippen molar-refractivity contribution in [3.8, 4) is 16.9 Å². The number of rotatable bonds is 5. The van der Waals surface area contributed by atoms with Crippen LogP contribution in [0.3, 0.4) is 0 Å². The molecule has 1 aromatic carbocycles. The highest BCUT2D eigenvalue weighted by Gasteiger charge is 2.11. The Labute approximate surface area is 135 Å². The van der Waals surface area contributed by atoms with Gasteiger partial charge in [-0.25, -0.2) is 4.68 Å². The van der Waals surface area contributed by atoms with Gasteiger partial charge in [0.1, 0.15) is 0 Å². The lowest BCUT2D eigenvalue weighted by Gasteiger charge is -2.16. The van der Waals surface area contributed by atoms with Gasteiger partial charge in [-0.2, -0.15) is 5.10 Å². The molecule has 6 nitrogen and oxygen atoms in total. The molecule has 3 aromatic rings. The minimum Gasteiger partial charge on any atom is -0.395 e. The second kappa shape index (κ2) is 6.58. The Kier molecular flexibility index (Phi) is 4.34. The van der Waals surface area contributed by atoms with Crippen molar-refractivity contribution in [2.24, 2.45) is 0 Å². The van der Waals surface area contributed by atoms with Crippen LogP contribution in [0.4, 0.5) is 5.82 Å². The van der Waals surface area contributed by atoms with Crippen molar-refractivity contribution in [1.82, 2.24) is 20.0 Å². The SMILES string of the molecule is Cc1ccc(-c2ccc(N(C)CCO)nn2)c(-n2cccn2)c1. The van der Waals surface area contributed by atoms with Crippen LogP contribution in [-0.2, 0) is 0 Å². The van der Waals surface area contributed by atoms with Gasteiger partial charge in [-0.3, -0.25) is 0 Å². The van der Waals surface area contributed by atoms with E-state index in [2.05, 4.69) is 34.4 Å². The zero-order valence-corrected chi connectivity index (χ0v) is 13.2. The van der Waals surface area contributed by atoms with E-state index in [1.807, 2.05) is 47.1 Å². The first kappa shape index (κ1) is 15.2. The topological polar surface area (TPSA) is 67.1 Å². The van der Waals surface area contributed by atoms with Crippen LogP contribution in [0.2, 0.25) is 0 Å². The predicted molar refractivity (Wildman–Crippen MR) is 89.7 cm³/mol. The van der Waals surface area contributed by atoms with Crippen molar-refractivity contribution in [3.05, 3.63) is 54.4 Å². The molecule has 0 amide bonds. The maximum atomic E-state index is 9.00. The summed E-state index contributed by atoms with van der Waals surface area (Å²) in [5.41, 5.74) is 3.90. The average Bonchev–Trinajstić information content (AvgIpc) is 3.09. The van der Waals surface area contributed by atoms with Gasteiger partial charge in [-0.1, -0.05) is 12.1 Å². The normalized spacial score (nSPS) is 10.7. The molecule has 0 fully saturated rings. The fraction of sp³-hybridized carbons (Fsp3) is 0.235. The van der Waals surface area contributed by atoms with Crippen molar-refractivity contribution in [2.45, 2.75) is 6.92 Å². The zero-order chi connectivity index (χ0) is 16.2. The molecule has 0 saturated heterocycles. The summed E-state index contributed by atoms with van der Waals surface area (Å²) in [6.07, 6.45) is 3.67. The van der Waals surface area contributed by atoms with E-state index in [9.17, 15) is 0 Å². The van der Waals surface area contributed by atoms with E-state index in [1.165, 1.54) is 0 Å². The second-order valence-electron chi connectivity index (χ2n) is 5.39. The summed E-state index contributed by atoms with van der Waals surface area (Å²) in [5.74, 6) is 0.732. The Hall–Kier alpha value is -2.73. The molecule has 0 bridgehead atoms. The minimum atomic E-state index is 0.0847. The van der Waals surface area contributed by atoms with Crippen LogP contribution in [0, 0.1) is 6.92 Å². The molecule has 23 heavy (non-hydrogen) atoms. The highest BCUT2D eigenvalue weighted by Crippen LogP contribution is 2.26. The van der Waals surface area contributed by atoms with E-state index >= 15 is 0 Å². The number of likely N-dealkylation sites (N-methyl/N-ethyl adjacent to an activating group) is 1. The van der Waals surface area contributed by atoms with E-state index in [0.29, 0.717) is 6.54 Å². The smallest absolute Gasteiger partial charge is 0.151 e. The number of hydrogen-bond donors (Lipinski definition) is 1. The van der Waals surface area contributed by atoms with Gasteiger partial charge >= 0.3 is 0 Å². The molecule has 118 valence electrons. The Balaban J connectivity index is 1.99. The van der Waals surface area contributed by atoms with Crippen molar-refractivity contribution in [2.75, 3.05) is 25.1 Å². The van der Waals surface area contributed by atoms with Crippen LogP contribution in [0.25, 0.3) is 16.9 Å². The van der Waals surface area contributed by atoms with E-state index < -0.39 is 0 Å². The molecule has 0 saturated carbocycles. The first-order valence-electron chi connectivity index (χ1n) is 7.46. The van der Waals surface area contributed by atoms with Gasteiger partial charge < -0.3 is 10.0 Å². The highest BCUT2D eigenvalue weighted by molar-refractivity contribution is 5.70. The first-order chi connectivity index (χ1) is 11.2. The maximum Gasteiger partial charge on any atom is 0.151 e. The van der Waals surface area contributed by atoms with Crippen molar-refractivity contribution in [1.29, 1.82) is 0 Å². The molecule has 0 unspecified atom stereocenters. The van der Waals surface area contributed by atoms with Gasteiger partial charge in [-0.05, 0) is 36.8 Å². The van der Waals surface area contributed by atoms with Gasteiger partial charge in [0.15, 0.2) is 5.82 Å². The third-order valence-corrected chi connectivity index (χ3v) is 3.66. The molecule has 0 aliphatic heterocycles. The third kappa shape index (κ3) is 3.22. The van der Waals surface area contributed by atoms with E-state index in [4.69, 9.17) is 5.11 Å². The summed E-state index contributed by atoms with van der Waals surface area (Å²) < 4.78 is 1.83. The number of aliphatic hydroxyl groups is 1. The van der Waals surface area contributed by atoms with Crippen LogP contribution in [0.1, 0.15) is 5.56 Å². The molecule has 0 aliphatic rings. The molecule has 2 aromatic heterocycles. The molecular formula is C17H19N5O. The van der Waals surface area contributed by atoms with E-state index in [1.54, 1.807) is 6.20 Å². The first-order valence-corrected chi connectivity index (χ1v) is 7.46. The van der Waals surface area contributed by atoms with Gasteiger partial charge in [0, 0.05) is 31.5 Å². The third-order valence-electron chi connectivity index (χ3n) is 3.66. The minimum absolute atomic E-state index is 0.0847. The molecule has 0 aliphatic carbocycles. The van der Waals surface area contributed by atoms with Gasteiger partial charge in [-0.15, -0.1) is 10.2 Å². The number of aliphatic hydroxyl groups excluding tert-OH is 1. The second-order valence-corrected chi connectivity index (χ2v) is 5.39. The molecule has 6 heteroatoms. The molecule has 0 atom stereocenters. The van der Waals surface area contributed by atoms with Gasteiger partial charge in [0.2, 0.25) is 0 Å². The van der Waals surface area contributed by atoms with E-state index in [-0.39, 0.29) is 6.61 Å². The number of nitrogens with zero attached hydrogens (tertiary/aromatic N) is 5. The van der Waals surface area contributed by atoms with Crippen molar-refractivity contribution < 1.29 is 5.11 Å². The summed E-state index contributed by atoms with van der Waals surface area (Å²) in [5, 5.41) is 21.9. The number of aryl methyl sites for hydroxylation is 1. The largest absolute Gasteiger partial charge is 0.395 e. The fourth-order valence-electron chi connectivity index (χ4n) is 2.40. The van der Waals surface area contributed by atoms with Crippen LogP contribution in [0.5, 0.6) is 0 Å². The molecule has 3 rings (SSSR count). The number of hydrogen-bond acceptors (Lipinski definition) is 5. The number of aromatic nitrogens is 4. The van der Waals surface area contributed by atoms with Crippen molar-refractivity contribution in [3.63, 3.8) is 0 Å². The van der Waals surface area contributed by atoms with Crippen molar-refractivity contribution >= 4 is 5.82 Å². The van der Waals surface area contributed by atoms with Crippen LogP contribution >= 0.6 is 0 Å². The number of anilines is 1. The quantitative estimate of drug-likeness (QED) is 0.781. The Morgan fingerprint density at radius 3 is 2.70 bits per heavy atom. The Morgan fingerprint density at radius 2 is 2.04 bits per heavy atom. The van der Waals surface area contributed by atoms with Gasteiger partial charge in [0.25, 0.3) is 0 Å². The molecule has 1 N–H and O–H groups in total. The summed E-state index contributed by atoms with van der Waals surface area (Å²) in [6.45, 7) is 2.66. The summed E-state index contributed by atoms with van der Waals surface area (Å²) in [7, 11) is 1.88. The maximum absolute atomic E-state index is 9.00. The van der Waals surface area contributed by atoms with Crippen LogP contribution < -0.4 is 4.90 Å². The Bertz CT molecular complexity index is 768. The molecule has 0 radical (unpaired) electrons. The lowest BCUT2D eigenvalue weighted by atomic mass is 10.1. The molecule has 2 heterocycles. The Morgan fingerprint density at radius 1 is 1.17 bits per heavy atom. The fourth-order valence-corrected chi connectivity index (χ4v) is 2.40. The molecular weight excluding hydrogens is 290 g/mol. The number of benzene rings is 1. The van der Waals surface area contributed by atoms with Gasteiger partial charge in [0.05, 0.1) is 18.0 Å². The average molecular weight is 309 g/mol. The predicted octanol–water partition coefficient (Wildman–Crippen LogP) is 2.07. The summed E-state index contributed by atoms with van der Waals surface area (Å²) >= 11 is 0. The standard InChI is InChI=1S/C17H19N5O/c1-13-4-5-14(16(12-13)22-9-3-8-18-22)15-6-7-17(20-19-15)21(2)10-11-23/h3-9,12,23H,10-11H2,1-2H3. The van der Waals surface area contributed by atoms with Crippen LogP contribution in [0.15, 0.2) is 48.8 Å². The summed E-state index contributed by atoms with van der Waals surface area (Å²) in [4.78, 5) is 1.86. The van der Waals surface area contributed by atoms with Crippen LogP contribution in [-0.4, -0.2) is 45.3 Å². The monoisotopic (exact) mass is 309 g/mol. The highest BCUT2D eigenvalue weighted by atomic mass is 16.3.